The van der Waals surface area contributed by atoms with Crippen LogP contribution in [0.1, 0.15) is 226 Å². The smallest absolute Gasteiger partial charge is 0.306 e. The van der Waals surface area contributed by atoms with Crippen LogP contribution in [-0.2, 0) is 28.6 Å². The zero-order chi connectivity index (χ0) is 44.4. The summed E-state index contributed by atoms with van der Waals surface area (Å²) in [6, 6.07) is 0. The Balaban J connectivity index is 4.46. The summed E-state index contributed by atoms with van der Waals surface area (Å²) in [6.07, 6.45) is 62.8. The van der Waals surface area contributed by atoms with Crippen molar-refractivity contribution in [2.24, 2.45) is 0 Å². The Morgan fingerprint density at radius 3 is 1.21 bits per heavy atom. The third-order valence-electron chi connectivity index (χ3n) is 10.5. The highest BCUT2D eigenvalue weighted by molar-refractivity contribution is 5.71. The van der Waals surface area contributed by atoms with E-state index in [0.717, 1.165) is 103 Å². The number of hydrogen-bond donors (Lipinski definition) is 0. The molecule has 61 heavy (non-hydrogen) atoms. The average molecular weight is 849 g/mol. The molecule has 0 aliphatic heterocycles. The maximum absolute atomic E-state index is 12.8. The lowest BCUT2D eigenvalue weighted by Gasteiger charge is -2.18. The largest absolute Gasteiger partial charge is 0.462 e. The monoisotopic (exact) mass is 849 g/mol. The number of esters is 3. The SMILES string of the molecule is CC/C=C\C/C=C\C/C=C\CCCCC(=O)OCC(COC(=O)CCCCCCC\C=C/C=C\C=C/C=C\CCCCC)OC(=O)CCCCCCCCCCCCCCC. The average Bonchev–Trinajstić information content (AvgIpc) is 3.26. The fourth-order valence-electron chi connectivity index (χ4n) is 6.70. The zero-order valence-corrected chi connectivity index (χ0v) is 39.7. The van der Waals surface area contributed by atoms with Crippen LogP contribution in [0.3, 0.4) is 0 Å². The molecule has 0 aliphatic carbocycles. The Bertz CT molecular complexity index is 1200. The predicted octanol–water partition coefficient (Wildman–Crippen LogP) is 16.4. The number of unbranched alkanes of at least 4 members (excludes halogenated alkanes) is 22. The van der Waals surface area contributed by atoms with E-state index in [1.165, 1.54) is 83.5 Å². The van der Waals surface area contributed by atoms with Gasteiger partial charge in [-0.15, -0.1) is 0 Å². The van der Waals surface area contributed by atoms with Crippen molar-refractivity contribution in [3.05, 3.63) is 85.1 Å². The van der Waals surface area contributed by atoms with Crippen molar-refractivity contribution < 1.29 is 28.6 Å². The highest BCUT2D eigenvalue weighted by atomic mass is 16.6. The normalized spacial score (nSPS) is 12.8. The van der Waals surface area contributed by atoms with Gasteiger partial charge in [0.15, 0.2) is 6.10 Å². The quantitative estimate of drug-likeness (QED) is 0.0200. The Labute approximate surface area is 375 Å². The number of rotatable bonds is 44. The van der Waals surface area contributed by atoms with E-state index in [0.29, 0.717) is 19.3 Å². The maximum Gasteiger partial charge on any atom is 0.306 e. The number of ether oxygens (including phenoxy) is 3. The van der Waals surface area contributed by atoms with E-state index < -0.39 is 6.10 Å². The molecule has 1 atom stereocenters. The van der Waals surface area contributed by atoms with Crippen molar-refractivity contribution in [3.63, 3.8) is 0 Å². The summed E-state index contributed by atoms with van der Waals surface area (Å²) in [5.74, 6) is -0.962. The molecule has 0 saturated carbocycles. The summed E-state index contributed by atoms with van der Waals surface area (Å²) in [5, 5.41) is 0. The minimum atomic E-state index is -0.799. The molecule has 0 aromatic rings. The molecule has 6 nitrogen and oxygen atoms in total. The lowest BCUT2D eigenvalue weighted by atomic mass is 10.0. The molecule has 0 fully saturated rings. The van der Waals surface area contributed by atoms with Crippen LogP contribution in [0.4, 0.5) is 0 Å². The van der Waals surface area contributed by atoms with Crippen LogP contribution in [0.25, 0.3) is 0 Å². The van der Waals surface area contributed by atoms with E-state index in [1.54, 1.807) is 0 Å². The Morgan fingerprint density at radius 2 is 0.705 bits per heavy atom. The molecule has 0 bridgehead atoms. The van der Waals surface area contributed by atoms with Crippen LogP contribution in [0, 0.1) is 0 Å². The fourth-order valence-corrected chi connectivity index (χ4v) is 6.70. The first kappa shape index (κ1) is 57.6. The first-order valence-corrected chi connectivity index (χ1v) is 25.1. The van der Waals surface area contributed by atoms with E-state index in [2.05, 4.69) is 106 Å². The van der Waals surface area contributed by atoms with Crippen molar-refractivity contribution in [1.82, 2.24) is 0 Å². The third kappa shape index (κ3) is 47.5. The lowest BCUT2D eigenvalue weighted by Crippen LogP contribution is -2.30. The minimum Gasteiger partial charge on any atom is -0.462 e. The topological polar surface area (TPSA) is 78.9 Å². The van der Waals surface area contributed by atoms with Crippen LogP contribution >= 0.6 is 0 Å². The summed E-state index contributed by atoms with van der Waals surface area (Å²) in [7, 11) is 0. The van der Waals surface area contributed by atoms with Crippen molar-refractivity contribution in [2.45, 2.75) is 232 Å². The second-order valence-corrected chi connectivity index (χ2v) is 16.4. The van der Waals surface area contributed by atoms with Gasteiger partial charge in [0.1, 0.15) is 13.2 Å². The van der Waals surface area contributed by atoms with E-state index in [-0.39, 0.29) is 31.1 Å². The lowest BCUT2D eigenvalue weighted by molar-refractivity contribution is -0.167. The van der Waals surface area contributed by atoms with Gasteiger partial charge in [0, 0.05) is 19.3 Å². The second kappa shape index (κ2) is 49.2. The molecule has 0 spiro atoms. The molecule has 0 rings (SSSR count). The van der Waals surface area contributed by atoms with Crippen LogP contribution in [0.15, 0.2) is 85.1 Å². The number of carbonyl (C=O) groups is 3. The highest BCUT2D eigenvalue weighted by Crippen LogP contribution is 2.14. The minimum absolute atomic E-state index is 0.100. The molecule has 0 radical (unpaired) electrons. The van der Waals surface area contributed by atoms with Crippen LogP contribution < -0.4 is 0 Å². The first-order chi connectivity index (χ1) is 30.0. The molecule has 0 amide bonds. The second-order valence-electron chi connectivity index (χ2n) is 16.4. The van der Waals surface area contributed by atoms with Gasteiger partial charge in [-0.05, 0) is 77.0 Å². The predicted molar refractivity (Wildman–Crippen MR) is 261 cm³/mol. The zero-order valence-electron chi connectivity index (χ0n) is 39.7. The van der Waals surface area contributed by atoms with Gasteiger partial charge in [0.2, 0.25) is 0 Å². The summed E-state index contributed by atoms with van der Waals surface area (Å²) in [6.45, 7) is 6.42. The Kier molecular flexibility index (Phi) is 46.5. The van der Waals surface area contributed by atoms with Crippen molar-refractivity contribution in [3.8, 4) is 0 Å². The molecule has 0 aromatic heterocycles. The number of hydrogen-bond acceptors (Lipinski definition) is 6. The van der Waals surface area contributed by atoms with E-state index >= 15 is 0 Å². The standard InChI is InChI=1S/C55H92O6/c1-4-7-10-13-16-19-22-25-26-27-28-29-31-33-36-39-42-45-48-54(57)60-51-52(50-59-53(56)47-44-41-38-35-32-24-21-18-15-12-9-6-3)61-55(58)49-46-43-40-37-34-30-23-20-17-14-11-8-5-2/h9,12,16,18-19,21-22,25-29,32,35,52H,4-8,10-11,13-15,17,20,23-24,30-31,33-34,36-51H2,1-3H3/b12-9-,19-16-,21-18-,25-22-,27-26-,29-28-,35-32-. The molecule has 0 aliphatic rings. The van der Waals surface area contributed by atoms with E-state index in [1.807, 2.05) is 0 Å². The molecule has 0 heterocycles. The highest BCUT2D eigenvalue weighted by Gasteiger charge is 2.19. The van der Waals surface area contributed by atoms with Gasteiger partial charge in [-0.1, -0.05) is 215 Å². The van der Waals surface area contributed by atoms with Crippen molar-refractivity contribution in [2.75, 3.05) is 13.2 Å². The van der Waals surface area contributed by atoms with Crippen molar-refractivity contribution in [1.29, 1.82) is 0 Å². The summed E-state index contributed by atoms with van der Waals surface area (Å²) in [4.78, 5) is 37.9. The molecule has 348 valence electrons. The van der Waals surface area contributed by atoms with Gasteiger partial charge < -0.3 is 14.2 Å². The Morgan fingerprint density at radius 1 is 0.361 bits per heavy atom. The molecule has 0 saturated heterocycles. The Hall–Kier alpha value is -3.41. The fraction of sp³-hybridized carbons (Fsp3) is 0.691. The van der Waals surface area contributed by atoms with E-state index in [4.69, 9.17) is 14.2 Å². The van der Waals surface area contributed by atoms with Gasteiger partial charge in [0.25, 0.3) is 0 Å². The van der Waals surface area contributed by atoms with Gasteiger partial charge in [-0.2, -0.15) is 0 Å². The van der Waals surface area contributed by atoms with Crippen LogP contribution in [0.5, 0.6) is 0 Å². The summed E-state index contributed by atoms with van der Waals surface area (Å²) in [5.41, 5.74) is 0. The van der Waals surface area contributed by atoms with Gasteiger partial charge in [0.05, 0.1) is 0 Å². The van der Waals surface area contributed by atoms with Crippen LogP contribution in [-0.4, -0.2) is 37.2 Å². The number of allylic oxidation sites excluding steroid dienone is 14. The molecular formula is C55H92O6. The maximum atomic E-state index is 12.8. The first-order valence-electron chi connectivity index (χ1n) is 25.1. The van der Waals surface area contributed by atoms with E-state index in [9.17, 15) is 14.4 Å². The van der Waals surface area contributed by atoms with Gasteiger partial charge in [-0.3, -0.25) is 14.4 Å². The number of carbonyl (C=O) groups excluding carboxylic acids is 3. The molecular weight excluding hydrogens is 757 g/mol. The molecule has 0 N–H and O–H groups in total. The van der Waals surface area contributed by atoms with Gasteiger partial charge in [-0.25, -0.2) is 0 Å². The van der Waals surface area contributed by atoms with Gasteiger partial charge >= 0.3 is 17.9 Å². The molecule has 0 aromatic carbocycles. The van der Waals surface area contributed by atoms with Crippen molar-refractivity contribution >= 4 is 17.9 Å². The molecule has 6 heteroatoms. The third-order valence-corrected chi connectivity index (χ3v) is 10.5. The summed E-state index contributed by atoms with van der Waals surface area (Å²) < 4.78 is 16.7. The molecule has 1 unspecified atom stereocenters. The summed E-state index contributed by atoms with van der Waals surface area (Å²) >= 11 is 0. The van der Waals surface area contributed by atoms with Crippen LogP contribution in [0.2, 0.25) is 0 Å².